The Morgan fingerprint density at radius 1 is 1.14 bits per heavy atom. The fraction of sp³-hybridized carbons (Fsp3) is 0.294. The lowest BCUT2D eigenvalue weighted by atomic mass is 9.85. The highest BCUT2D eigenvalue weighted by Crippen LogP contribution is 2.33. The van der Waals surface area contributed by atoms with Crippen LogP contribution in [0.1, 0.15) is 19.3 Å². The van der Waals surface area contributed by atoms with Gasteiger partial charge < -0.3 is 15.2 Å². The molecule has 0 radical (unpaired) electrons. The summed E-state index contributed by atoms with van der Waals surface area (Å²) in [7, 11) is 0. The van der Waals surface area contributed by atoms with Gasteiger partial charge >= 0.3 is 5.97 Å². The van der Waals surface area contributed by atoms with Crippen LogP contribution in [-0.2, 0) is 9.59 Å². The van der Waals surface area contributed by atoms with E-state index in [2.05, 4.69) is 5.32 Å². The SMILES string of the molecule is O=C(O)COc1ccc(NC(=O)C2CCC2)c2ccccc12. The van der Waals surface area contributed by atoms with Gasteiger partial charge in [-0.15, -0.1) is 0 Å². The van der Waals surface area contributed by atoms with Gasteiger partial charge in [-0.05, 0) is 25.0 Å². The third kappa shape index (κ3) is 2.88. The molecule has 2 aromatic rings. The van der Waals surface area contributed by atoms with Gasteiger partial charge in [0, 0.05) is 22.4 Å². The smallest absolute Gasteiger partial charge is 0.341 e. The van der Waals surface area contributed by atoms with Crippen LogP contribution in [-0.4, -0.2) is 23.6 Å². The fourth-order valence-electron chi connectivity index (χ4n) is 2.55. The number of carbonyl (C=O) groups is 2. The lowest BCUT2D eigenvalue weighted by molar-refractivity contribution is -0.139. The van der Waals surface area contributed by atoms with Crippen LogP contribution in [0.5, 0.6) is 5.75 Å². The second-order valence-corrected chi connectivity index (χ2v) is 5.46. The summed E-state index contributed by atoms with van der Waals surface area (Å²) < 4.78 is 5.31. The number of anilines is 1. The van der Waals surface area contributed by atoms with Gasteiger partial charge in [-0.3, -0.25) is 4.79 Å². The van der Waals surface area contributed by atoms with E-state index < -0.39 is 12.6 Å². The number of carboxylic acids is 1. The number of carbonyl (C=O) groups excluding carboxylic acids is 1. The molecule has 1 aliphatic carbocycles. The maximum Gasteiger partial charge on any atom is 0.341 e. The van der Waals surface area contributed by atoms with Crippen molar-refractivity contribution in [2.45, 2.75) is 19.3 Å². The van der Waals surface area contributed by atoms with E-state index in [1.807, 2.05) is 24.3 Å². The average molecular weight is 299 g/mol. The van der Waals surface area contributed by atoms with E-state index in [-0.39, 0.29) is 11.8 Å². The van der Waals surface area contributed by atoms with Gasteiger partial charge in [-0.25, -0.2) is 4.79 Å². The Labute approximate surface area is 127 Å². The fourth-order valence-corrected chi connectivity index (χ4v) is 2.55. The van der Waals surface area contributed by atoms with Gasteiger partial charge in [0.1, 0.15) is 5.75 Å². The summed E-state index contributed by atoms with van der Waals surface area (Å²) in [6.07, 6.45) is 3.01. The Morgan fingerprint density at radius 3 is 2.50 bits per heavy atom. The molecule has 0 aliphatic heterocycles. The van der Waals surface area contributed by atoms with E-state index >= 15 is 0 Å². The topological polar surface area (TPSA) is 75.6 Å². The molecule has 114 valence electrons. The number of benzene rings is 2. The first-order valence-electron chi connectivity index (χ1n) is 7.32. The summed E-state index contributed by atoms with van der Waals surface area (Å²) in [5.41, 5.74) is 0.732. The molecule has 1 saturated carbocycles. The Balaban J connectivity index is 1.89. The normalized spacial score (nSPS) is 14.4. The first-order chi connectivity index (χ1) is 10.6. The molecule has 0 bridgehead atoms. The number of fused-ring (bicyclic) bond motifs is 1. The van der Waals surface area contributed by atoms with Crippen LogP contribution in [0.3, 0.4) is 0 Å². The molecule has 5 heteroatoms. The molecule has 3 rings (SSSR count). The van der Waals surface area contributed by atoms with Gasteiger partial charge in [0.25, 0.3) is 0 Å². The highest BCUT2D eigenvalue weighted by atomic mass is 16.5. The minimum Gasteiger partial charge on any atom is -0.481 e. The maximum absolute atomic E-state index is 12.1. The van der Waals surface area contributed by atoms with Crippen molar-refractivity contribution in [3.05, 3.63) is 36.4 Å². The zero-order valence-electron chi connectivity index (χ0n) is 12.0. The third-order valence-electron chi connectivity index (χ3n) is 3.97. The molecule has 2 aromatic carbocycles. The van der Waals surface area contributed by atoms with E-state index in [0.717, 1.165) is 35.7 Å². The largest absolute Gasteiger partial charge is 0.481 e. The summed E-state index contributed by atoms with van der Waals surface area (Å²) in [6.45, 7) is -0.391. The van der Waals surface area contributed by atoms with Crippen LogP contribution < -0.4 is 10.1 Å². The summed E-state index contributed by atoms with van der Waals surface area (Å²) in [4.78, 5) is 22.8. The van der Waals surface area contributed by atoms with E-state index in [1.54, 1.807) is 12.1 Å². The Hall–Kier alpha value is -2.56. The van der Waals surface area contributed by atoms with E-state index in [9.17, 15) is 9.59 Å². The average Bonchev–Trinajstić information content (AvgIpc) is 2.44. The molecule has 0 heterocycles. The number of aliphatic carboxylic acids is 1. The van der Waals surface area contributed by atoms with Crippen LogP contribution in [0.15, 0.2) is 36.4 Å². The summed E-state index contributed by atoms with van der Waals surface area (Å²) in [6, 6.07) is 10.9. The van der Waals surface area contributed by atoms with Crippen molar-refractivity contribution >= 4 is 28.3 Å². The standard InChI is InChI=1S/C17H17NO4/c19-16(20)10-22-15-9-8-14(12-6-1-2-7-13(12)15)18-17(21)11-4-3-5-11/h1-2,6-9,11H,3-5,10H2,(H,18,21)(H,19,20). The number of ether oxygens (including phenoxy) is 1. The predicted molar refractivity (Wildman–Crippen MR) is 83.0 cm³/mol. The number of nitrogens with one attached hydrogen (secondary N) is 1. The zero-order valence-corrected chi connectivity index (χ0v) is 12.0. The predicted octanol–water partition coefficient (Wildman–Crippen LogP) is 3.04. The Kier molecular flexibility index (Phi) is 3.96. The van der Waals surface area contributed by atoms with Gasteiger partial charge in [0.15, 0.2) is 6.61 Å². The van der Waals surface area contributed by atoms with E-state index in [4.69, 9.17) is 9.84 Å². The van der Waals surface area contributed by atoms with Crippen LogP contribution in [0.2, 0.25) is 0 Å². The molecular weight excluding hydrogens is 282 g/mol. The first kappa shape index (κ1) is 14.4. The van der Waals surface area contributed by atoms with E-state index in [0.29, 0.717) is 5.75 Å². The van der Waals surface area contributed by atoms with Crippen molar-refractivity contribution in [3.8, 4) is 5.75 Å². The van der Waals surface area contributed by atoms with Crippen molar-refractivity contribution in [2.75, 3.05) is 11.9 Å². The number of amides is 1. The molecule has 22 heavy (non-hydrogen) atoms. The molecule has 0 unspecified atom stereocenters. The third-order valence-corrected chi connectivity index (χ3v) is 3.97. The van der Waals surface area contributed by atoms with Crippen molar-refractivity contribution in [1.82, 2.24) is 0 Å². The molecule has 5 nitrogen and oxygen atoms in total. The Morgan fingerprint density at radius 2 is 1.86 bits per heavy atom. The number of carboxylic acid groups (broad SMARTS) is 1. The highest BCUT2D eigenvalue weighted by molar-refractivity contribution is 6.05. The molecule has 0 aromatic heterocycles. The second-order valence-electron chi connectivity index (χ2n) is 5.46. The van der Waals surface area contributed by atoms with Gasteiger partial charge in [-0.2, -0.15) is 0 Å². The molecule has 2 N–H and O–H groups in total. The Bertz CT molecular complexity index is 722. The number of hydrogen-bond donors (Lipinski definition) is 2. The summed E-state index contributed by atoms with van der Waals surface area (Å²) >= 11 is 0. The molecule has 1 aliphatic rings. The van der Waals surface area contributed by atoms with Gasteiger partial charge in [-0.1, -0.05) is 30.7 Å². The van der Waals surface area contributed by atoms with Crippen molar-refractivity contribution in [1.29, 1.82) is 0 Å². The minimum absolute atomic E-state index is 0.0515. The van der Waals surface area contributed by atoms with Gasteiger partial charge in [0.05, 0.1) is 0 Å². The van der Waals surface area contributed by atoms with E-state index in [1.165, 1.54) is 0 Å². The quantitative estimate of drug-likeness (QED) is 0.889. The zero-order chi connectivity index (χ0) is 15.5. The van der Waals surface area contributed by atoms with Crippen LogP contribution in [0.25, 0.3) is 10.8 Å². The molecule has 1 amide bonds. The summed E-state index contributed by atoms with van der Waals surface area (Å²) in [5.74, 6) is -0.358. The summed E-state index contributed by atoms with van der Waals surface area (Å²) in [5, 5.41) is 13.3. The molecular formula is C17H17NO4. The first-order valence-corrected chi connectivity index (χ1v) is 7.32. The van der Waals surface area contributed by atoms with Crippen molar-refractivity contribution < 1.29 is 19.4 Å². The van der Waals surface area contributed by atoms with Crippen molar-refractivity contribution in [2.24, 2.45) is 5.92 Å². The lowest BCUT2D eigenvalue weighted by Gasteiger charge is -2.24. The monoisotopic (exact) mass is 299 g/mol. The van der Waals surface area contributed by atoms with Crippen LogP contribution in [0, 0.1) is 5.92 Å². The number of hydrogen-bond acceptors (Lipinski definition) is 3. The molecule has 0 atom stereocenters. The van der Waals surface area contributed by atoms with Gasteiger partial charge in [0.2, 0.25) is 5.91 Å². The molecule has 1 fully saturated rings. The van der Waals surface area contributed by atoms with Crippen LogP contribution >= 0.6 is 0 Å². The second kappa shape index (κ2) is 6.05. The highest BCUT2D eigenvalue weighted by Gasteiger charge is 2.25. The molecule has 0 spiro atoms. The van der Waals surface area contributed by atoms with Crippen molar-refractivity contribution in [3.63, 3.8) is 0 Å². The lowest BCUT2D eigenvalue weighted by Crippen LogP contribution is -2.28. The number of rotatable bonds is 5. The van der Waals surface area contributed by atoms with Crippen LogP contribution in [0.4, 0.5) is 5.69 Å². The maximum atomic E-state index is 12.1. The molecule has 0 saturated heterocycles. The minimum atomic E-state index is -1.02.